The van der Waals surface area contributed by atoms with Crippen LogP contribution < -0.4 is 5.32 Å². The second-order valence-corrected chi connectivity index (χ2v) is 10.6. The van der Waals surface area contributed by atoms with Gasteiger partial charge in [-0.15, -0.1) is 5.10 Å². The van der Waals surface area contributed by atoms with Gasteiger partial charge in [-0.05, 0) is 50.8 Å². The van der Waals surface area contributed by atoms with E-state index in [4.69, 9.17) is 4.74 Å². The molecule has 0 spiro atoms. The van der Waals surface area contributed by atoms with Crippen molar-refractivity contribution in [3.63, 3.8) is 0 Å². The molecule has 0 unspecified atom stereocenters. The molecule has 1 aromatic heterocycles. The first-order valence-corrected chi connectivity index (χ1v) is 12.6. The van der Waals surface area contributed by atoms with Gasteiger partial charge < -0.3 is 10.1 Å². The molecular weight excluding hydrogens is 486 g/mol. The molecule has 4 aromatic rings. The molecule has 196 valence electrons. The van der Waals surface area contributed by atoms with E-state index in [1.165, 1.54) is 34.3 Å². The molecule has 0 aliphatic heterocycles. The van der Waals surface area contributed by atoms with Crippen LogP contribution in [0.5, 0.6) is 0 Å². The first kappa shape index (κ1) is 25.7. The molecule has 0 saturated carbocycles. The highest BCUT2D eigenvalue weighted by molar-refractivity contribution is 5.75. The highest BCUT2D eigenvalue weighted by atomic mass is 19.1. The van der Waals surface area contributed by atoms with Gasteiger partial charge in [-0.3, -0.25) is 4.79 Å². The molecule has 0 saturated heterocycles. The van der Waals surface area contributed by atoms with Crippen molar-refractivity contribution >= 4 is 5.97 Å². The predicted molar refractivity (Wildman–Crippen MR) is 141 cm³/mol. The van der Waals surface area contributed by atoms with Gasteiger partial charge in [0.25, 0.3) is 0 Å². The second-order valence-electron chi connectivity index (χ2n) is 10.6. The van der Waals surface area contributed by atoms with Crippen LogP contribution in [0.3, 0.4) is 0 Å². The lowest BCUT2D eigenvalue weighted by Crippen LogP contribution is -2.29. The minimum absolute atomic E-state index is 0.0946. The maximum atomic E-state index is 15.5. The Morgan fingerprint density at radius 1 is 1.03 bits per heavy atom. The van der Waals surface area contributed by atoms with Gasteiger partial charge >= 0.3 is 5.97 Å². The summed E-state index contributed by atoms with van der Waals surface area (Å²) in [7, 11) is 0. The summed E-state index contributed by atoms with van der Waals surface area (Å²) < 4.78 is 37.3. The molecule has 5 rings (SSSR count). The van der Waals surface area contributed by atoms with E-state index < -0.39 is 17.0 Å². The van der Waals surface area contributed by atoms with Crippen LogP contribution in [0.15, 0.2) is 67.0 Å². The van der Waals surface area contributed by atoms with Crippen LogP contribution in [-0.2, 0) is 35.6 Å². The van der Waals surface area contributed by atoms with E-state index in [2.05, 4.69) is 27.5 Å². The molecule has 0 radical (unpaired) electrons. The number of carbonyl (C=O) groups is 1. The molecular formula is C30H30F2N4O2. The number of halogens is 2. The minimum Gasteiger partial charge on any atom is -0.442 e. The number of carbonyl (C=O) groups excluding carboxylic acids is 1. The third-order valence-corrected chi connectivity index (χ3v) is 6.71. The summed E-state index contributed by atoms with van der Waals surface area (Å²) in [5.74, 6) is -1.10. The molecule has 1 N–H and O–H groups in total. The van der Waals surface area contributed by atoms with Crippen molar-refractivity contribution in [2.45, 2.75) is 52.9 Å². The number of hydrogen-bond acceptors (Lipinski definition) is 5. The average molecular weight is 517 g/mol. The Hall–Kier alpha value is -3.91. The fourth-order valence-electron chi connectivity index (χ4n) is 4.58. The number of aromatic nitrogens is 3. The van der Waals surface area contributed by atoms with Crippen molar-refractivity contribution in [2.75, 3.05) is 0 Å². The minimum atomic E-state index is -0.632. The number of nitrogens with one attached hydrogen (secondary N) is 1. The van der Waals surface area contributed by atoms with Gasteiger partial charge in [0.15, 0.2) is 12.6 Å². The highest BCUT2D eigenvalue weighted by Gasteiger charge is 2.24. The third kappa shape index (κ3) is 5.50. The standard InChI is InChI=1S/C30H30F2N4O2/c1-30(2,3)29(37)38-18-36-17-34-28(35-36)21-11-12-24(26(31)15-21)25-10-6-9-22(27(25)32)16-33-23-13-19-7-4-5-8-20(19)14-23/h4-12,15,17,23,33H,13-14,16,18H2,1-3H3. The van der Waals surface area contributed by atoms with E-state index >= 15 is 8.78 Å². The quantitative estimate of drug-likeness (QED) is 0.320. The van der Waals surface area contributed by atoms with Gasteiger partial charge in [0, 0.05) is 34.8 Å². The van der Waals surface area contributed by atoms with Gasteiger partial charge in [-0.25, -0.2) is 18.4 Å². The van der Waals surface area contributed by atoms with Crippen LogP contribution in [0.25, 0.3) is 22.5 Å². The zero-order chi connectivity index (χ0) is 26.9. The van der Waals surface area contributed by atoms with Crippen molar-refractivity contribution in [3.8, 4) is 22.5 Å². The summed E-state index contributed by atoms with van der Waals surface area (Å²) in [6.45, 7) is 5.55. The predicted octanol–water partition coefficient (Wildman–Crippen LogP) is 5.69. The van der Waals surface area contributed by atoms with Gasteiger partial charge in [-0.1, -0.05) is 54.6 Å². The fraction of sp³-hybridized carbons (Fsp3) is 0.300. The summed E-state index contributed by atoms with van der Waals surface area (Å²) >= 11 is 0. The van der Waals surface area contributed by atoms with Crippen molar-refractivity contribution in [2.24, 2.45) is 5.41 Å². The highest BCUT2D eigenvalue weighted by Crippen LogP contribution is 2.30. The topological polar surface area (TPSA) is 69.0 Å². The molecule has 0 fully saturated rings. The summed E-state index contributed by atoms with van der Waals surface area (Å²) in [4.78, 5) is 16.2. The number of benzene rings is 3. The summed E-state index contributed by atoms with van der Waals surface area (Å²) in [5.41, 5.74) is 3.32. The largest absolute Gasteiger partial charge is 0.442 e. The molecule has 3 aromatic carbocycles. The molecule has 8 heteroatoms. The number of esters is 1. The molecule has 1 aliphatic rings. The Morgan fingerprint density at radius 2 is 1.76 bits per heavy atom. The third-order valence-electron chi connectivity index (χ3n) is 6.71. The summed E-state index contributed by atoms with van der Waals surface area (Å²) in [5, 5.41) is 7.72. The maximum Gasteiger partial charge on any atom is 0.313 e. The first-order chi connectivity index (χ1) is 18.2. The number of fused-ring (bicyclic) bond motifs is 1. The Bertz CT molecular complexity index is 1450. The normalized spacial score (nSPS) is 13.5. The van der Waals surface area contributed by atoms with Gasteiger partial charge in [-0.2, -0.15) is 0 Å². The van der Waals surface area contributed by atoms with Crippen molar-refractivity contribution in [3.05, 3.63) is 95.3 Å². The van der Waals surface area contributed by atoms with E-state index in [1.807, 2.05) is 12.1 Å². The fourth-order valence-corrected chi connectivity index (χ4v) is 4.58. The van der Waals surface area contributed by atoms with E-state index in [9.17, 15) is 4.79 Å². The Kier molecular flexibility index (Phi) is 7.08. The summed E-state index contributed by atoms with van der Waals surface area (Å²) in [6, 6.07) is 18.1. The van der Waals surface area contributed by atoms with Crippen LogP contribution >= 0.6 is 0 Å². The summed E-state index contributed by atoms with van der Waals surface area (Å²) in [6.07, 6.45) is 3.24. The molecule has 0 amide bonds. The van der Waals surface area contributed by atoms with E-state index in [0.717, 1.165) is 12.8 Å². The molecule has 1 aliphatic carbocycles. The van der Waals surface area contributed by atoms with Crippen LogP contribution in [0.1, 0.15) is 37.5 Å². The number of rotatable bonds is 7. The van der Waals surface area contributed by atoms with Crippen LogP contribution in [0, 0.1) is 17.0 Å². The van der Waals surface area contributed by atoms with Crippen molar-refractivity contribution in [1.29, 1.82) is 0 Å². The second kappa shape index (κ2) is 10.5. The van der Waals surface area contributed by atoms with Gasteiger partial charge in [0.2, 0.25) is 0 Å². The van der Waals surface area contributed by atoms with E-state index in [1.54, 1.807) is 45.0 Å². The van der Waals surface area contributed by atoms with Gasteiger partial charge in [0.1, 0.15) is 18.0 Å². The smallest absolute Gasteiger partial charge is 0.313 e. The zero-order valence-corrected chi connectivity index (χ0v) is 21.7. The van der Waals surface area contributed by atoms with Gasteiger partial charge in [0.05, 0.1) is 5.41 Å². The number of nitrogens with zero attached hydrogens (tertiary/aromatic N) is 3. The Labute approximate surface area is 220 Å². The SMILES string of the molecule is CC(C)(C)C(=O)OCn1cnc(-c2ccc(-c3cccc(CNC4Cc5ccccc5C4)c3F)c(F)c2)n1. The lowest BCUT2D eigenvalue weighted by Gasteiger charge is -2.16. The van der Waals surface area contributed by atoms with Crippen LogP contribution in [0.2, 0.25) is 0 Å². The molecule has 6 nitrogen and oxygen atoms in total. The maximum absolute atomic E-state index is 15.5. The zero-order valence-electron chi connectivity index (χ0n) is 21.7. The van der Waals surface area contributed by atoms with E-state index in [-0.39, 0.29) is 35.7 Å². The molecule has 0 atom stereocenters. The lowest BCUT2D eigenvalue weighted by atomic mass is 9.98. The number of ether oxygens (including phenoxy) is 1. The van der Waals surface area contributed by atoms with Crippen molar-refractivity contribution in [1.82, 2.24) is 20.1 Å². The lowest BCUT2D eigenvalue weighted by molar-refractivity contribution is -0.157. The van der Waals surface area contributed by atoms with Crippen LogP contribution in [-0.4, -0.2) is 26.8 Å². The Balaban J connectivity index is 1.27. The molecule has 0 bridgehead atoms. The average Bonchev–Trinajstić information content (AvgIpc) is 3.53. The molecule has 38 heavy (non-hydrogen) atoms. The molecule has 1 heterocycles. The Morgan fingerprint density at radius 3 is 2.45 bits per heavy atom. The first-order valence-electron chi connectivity index (χ1n) is 12.6. The number of hydrogen-bond donors (Lipinski definition) is 1. The van der Waals surface area contributed by atoms with Crippen LogP contribution in [0.4, 0.5) is 8.78 Å². The van der Waals surface area contributed by atoms with E-state index in [0.29, 0.717) is 17.7 Å². The van der Waals surface area contributed by atoms with Crippen molar-refractivity contribution < 1.29 is 18.3 Å². The monoisotopic (exact) mass is 516 g/mol.